The van der Waals surface area contributed by atoms with E-state index in [1.54, 1.807) is 18.2 Å². The van der Waals surface area contributed by atoms with Crippen LogP contribution in [0.1, 0.15) is 22.3 Å². The molecular weight excluding hydrogens is 424 g/mol. The van der Waals surface area contributed by atoms with E-state index in [4.69, 9.17) is 0 Å². The first-order chi connectivity index (χ1) is 14.8. The van der Waals surface area contributed by atoms with Gasteiger partial charge in [-0.25, -0.2) is 8.42 Å². The number of sulfone groups is 1. The standard InChI is InChI=1S/C25H24N2O2S2/c1-18-12-14-21(15-13-18)17-30-25(27-23-11-7-8-19(2)20(23)3)24(16-26)31(28,29)22-9-5-4-6-10-22/h4-15,27H,17H2,1-3H3/b25-24+. The molecule has 0 atom stereocenters. The van der Waals surface area contributed by atoms with Gasteiger partial charge in [0.2, 0.25) is 9.84 Å². The number of allylic oxidation sites excluding steroid dienone is 1. The Morgan fingerprint density at radius 3 is 2.26 bits per heavy atom. The summed E-state index contributed by atoms with van der Waals surface area (Å²) in [5.74, 6) is 0.531. The predicted octanol–water partition coefficient (Wildman–Crippen LogP) is 6.12. The van der Waals surface area contributed by atoms with E-state index in [1.807, 2.05) is 69.3 Å². The maximum Gasteiger partial charge on any atom is 0.219 e. The lowest BCUT2D eigenvalue weighted by atomic mass is 10.1. The van der Waals surface area contributed by atoms with Crippen LogP contribution in [0.3, 0.4) is 0 Å². The van der Waals surface area contributed by atoms with Crippen molar-refractivity contribution in [1.29, 1.82) is 5.26 Å². The molecule has 158 valence electrons. The van der Waals surface area contributed by atoms with Gasteiger partial charge >= 0.3 is 0 Å². The van der Waals surface area contributed by atoms with Gasteiger partial charge in [-0.05, 0) is 55.7 Å². The summed E-state index contributed by atoms with van der Waals surface area (Å²) in [4.78, 5) is -0.181. The summed E-state index contributed by atoms with van der Waals surface area (Å²) < 4.78 is 26.5. The second-order valence-electron chi connectivity index (χ2n) is 7.23. The van der Waals surface area contributed by atoms with Crippen LogP contribution in [-0.4, -0.2) is 8.42 Å². The first kappa shape index (κ1) is 22.7. The maximum atomic E-state index is 13.3. The van der Waals surface area contributed by atoms with Gasteiger partial charge in [0.05, 0.1) is 4.90 Å². The van der Waals surface area contributed by atoms with Gasteiger partial charge in [0.15, 0.2) is 4.91 Å². The molecule has 0 heterocycles. The van der Waals surface area contributed by atoms with Crippen LogP contribution < -0.4 is 5.32 Å². The monoisotopic (exact) mass is 448 g/mol. The van der Waals surface area contributed by atoms with Gasteiger partial charge in [-0.1, -0.05) is 60.2 Å². The average Bonchev–Trinajstić information content (AvgIpc) is 2.77. The molecule has 3 aromatic rings. The number of aryl methyl sites for hydroxylation is 2. The van der Waals surface area contributed by atoms with Gasteiger partial charge < -0.3 is 5.32 Å². The molecule has 0 unspecified atom stereocenters. The Bertz CT molecular complexity index is 1240. The minimum absolute atomic E-state index is 0.0998. The van der Waals surface area contributed by atoms with Crippen LogP contribution in [-0.2, 0) is 15.6 Å². The molecule has 0 aromatic heterocycles. The number of rotatable bonds is 7. The number of hydrogen-bond donors (Lipinski definition) is 1. The normalized spacial score (nSPS) is 12.1. The second kappa shape index (κ2) is 9.86. The number of hydrogen-bond acceptors (Lipinski definition) is 5. The topological polar surface area (TPSA) is 70.0 Å². The Kier molecular flexibility index (Phi) is 7.21. The molecule has 0 saturated carbocycles. The summed E-state index contributed by atoms with van der Waals surface area (Å²) in [6.07, 6.45) is 0. The summed E-state index contributed by atoms with van der Waals surface area (Å²) in [7, 11) is -3.97. The summed E-state index contributed by atoms with van der Waals surface area (Å²) in [5, 5.41) is 13.4. The van der Waals surface area contributed by atoms with E-state index in [0.717, 1.165) is 27.9 Å². The maximum absolute atomic E-state index is 13.3. The van der Waals surface area contributed by atoms with Crippen LogP contribution in [0.5, 0.6) is 0 Å². The van der Waals surface area contributed by atoms with Gasteiger partial charge in [0.1, 0.15) is 11.1 Å². The summed E-state index contributed by atoms with van der Waals surface area (Å²) in [5.41, 5.74) is 5.07. The van der Waals surface area contributed by atoms with Crippen molar-refractivity contribution < 1.29 is 8.42 Å². The van der Waals surface area contributed by atoms with Crippen LogP contribution in [0.15, 0.2) is 87.6 Å². The highest BCUT2D eigenvalue weighted by Gasteiger charge is 2.25. The molecule has 0 aliphatic rings. The van der Waals surface area contributed by atoms with Crippen molar-refractivity contribution in [1.82, 2.24) is 0 Å². The van der Waals surface area contributed by atoms with Gasteiger partial charge in [-0.15, -0.1) is 11.8 Å². The lowest BCUT2D eigenvalue weighted by Crippen LogP contribution is -2.11. The van der Waals surface area contributed by atoms with E-state index < -0.39 is 9.84 Å². The molecule has 0 bridgehead atoms. The molecular formula is C25H24N2O2S2. The molecule has 4 nitrogen and oxygen atoms in total. The first-order valence-corrected chi connectivity index (χ1v) is 12.3. The number of benzene rings is 3. The van der Waals surface area contributed by atoms with Crippen LogP contribution in [0, 0.1) is 32.1 Å². The smallest absolute Gasteiger partial charge is 0.219 e. The van der Waals surface area contributed by atoms with Crippen molar-refractivity contribution in [2.75, 3.05) is 5.32 Å². The SMILES string of the molecule is Cc1ccc(CS/C(Nc2cccc(C)c2C)=C(\C#N)S(=O)(=O)c2ccccc2)cc1. The lowest BCUT2D eigenvalue weighted by molar-refractivity contribution is 0.603. The van der Waals surface area contributed by atoms with E-state index in [2.05, 4.69) is 5.32 Å². The van der Waals surface area contributed by atoms with Crippen molar-refractivity contribution in [3.63, 3.8) is 0 Å². The number of thioether (sulfide) groups is 1. The minimum atomic E-state index is -3.97. The molecule has 0 aliphatic heterocycles. The zero-order valence-electron chi connectivity index (χ0n) is 17.7. The van der Waals surface area contributed by atoms with E-state index in [0.29, 0.717) is 10.8 Å². The first-order valence-electron chi connectivity index (χ1n) is 9.79. The highest BCUT2D eigenvalue weighted by atomic mass is 32.2. The molecule has 31 heavy (non-hydrogen) atoms. The lowest BCUT2D eigenvalue weighted by Gasteiger charge is -2.16. The predicted molar refractivity (Wildman–Crippen MR) is 128 cm³/mol. The molecule has 3 rings (SSSR count). The Morgan fingerprint density at radius 2 is 1.61 bits per heavy atom. The molecule has 1 N–H and O–H groups in total. The Balaban J connectivity index is 2.07. The van der Waals surface area contributed by atoms with E-state index >= 15 is 0 Å². The zero-order chi connectivity index (χ0) is 22.4. The van der Waals surface area contributed by atoms with E-state index in [1.165, 1.54) is 23.9 Å². The van der Waals surface area contributed by atoms with Gasteiger partial charge in [0.25, 0.3) is 0 Å². The fourth-order valence-electron chi connectivity index (χ4n) is 2.96. The van der Waals surface area contributed by atoms with E-state index in [9.17, 15) is 13.7 Å². The second-order valence-corrected chi connectivity index (χ2v) is 10.1. The van der Waals surface area contributed by atoms with Crippen LogP contribution in [0.25, 0.3) is 0 Å². The Morgan fingerprint density at radius 1 is 0.935 bits per heavy atom. The Labute approximate surface area is 188 Å². The molecule has 6 heteroatoms. The number of nitrogens with zero attached hydrogens (tertiary/aromatic N) is 1. The molecule has 0 amide bonds. The van der Waals surface area contributed by atoms with Crippen molar-refractivity contribution >= 4 is 27.3 Å². The van der Waals surface area contributed by atoms with Gasteiger partial charge in [0, 0.05) is 11.4 Å². The summed E-state index contributed by atoms with van der Waals surface area (Å²) in [6.45, 7) is 5.98. The molecule has 0 aliphatic carbocycles. The fraction of sp³-hybridized carbons (Fsp3) is 0.160. The molecule has 0 spiro atoms. The van der Waals surface area contributed by atoms with Crippen LogP contribution in [0.2, 0.25) is 0 Å². The highest BCUT2D eigenvalue weighted by Crippen LogP contribution is 2.32. The van der Waals surface area contributed by atoms with Gasteiger partial charge in [-0.3, -0.25) is 0 Å². The molecule has 3 aromatic carbocycles. The highest BCUT2D eigenvalue weighted by molar-refractivity contribution is 8.04. The molecule has 0 radical (unpaired) electrons. The third-order valence-corrected chi connectivity index (χ3v) is 7.91. The largest absolute Gasteiger partial charge is 0.348 e. The average molecular weight is 449 g/mol. The fourth-order valence-corrected chi connectivity index (χ4v) is 5.49. The third kappa shape index (κ3) is 5.38. The number of nitriles is 1. The van der Waals surface area contributed by atoms with E-state index in [-0.39, 0.29) is 9.80 Å². The van der Waals surface area contributed by atoms with Crippen LogP contribution >= 0.6 is 11.8 Å². The summed E-state index contributed by atoms with van der Waals surface area (Å²) in [6, 6.07) is 23.9. The number of nitrogens with one attached hydrogen (secondary N) is 1. The third-order valence-electron chi connectivity index (χ3n) is 4.99. The quantitative estimate of drug-likeness (QED) is 0.441. The molecule has 0 fully saturated rings. The van der Waals surface area contributed by atoms with Crippen molar-refractivity contribution in [2.24, 2.45) is 0 Å². The van der Waals surface area contributed by atoms with Crippen molar-refractivity contribution in [2.45, 2.75) is 31.4 Å². The van der Waals surface area contributed by atoms with Gasteiger partial charge in [-0.2, -0.15) is 5.26 Å². The van der Waals surface area contributed by atoms with Crippen molar-refractivity contribution in [3.8, 4) is 6.07 Å². The molecule has 0 saturated heterocycles. The zero-order valence-corrected chi connectivity index (χ0v) is 19.3. The Hall–Kier alpha value is -3.01. The van der Waals surface area contributed by atoms with Crippen LogP contribution in [0.4, 0.5) is 5.69 Å². The summed E-state index contributed by atoms with van der Waals surface area (Å²) >= 11 is 1.31. The minimum Gasteiger partial charge on any atom is -0.348 e. The number of anilines is 1. The van der Waals surface area contributed by atoms with Crippen molar-refractivity contribution in [3.05, 3.63) is 105 Å².